The fourth-order valence-electron chi connectivity index (χ4n) is 3.89. The van der Waals surface area contributed by atoms with E-state index in [2.05, 4.69) is 5.32 Å². The molecule has 33 heavy (non-hydrogen) atoms. The van der Waals surface area contributed by atoms with Gasteiger partial charge in [-0.2, -0.15) is 0 Å². The van der Waals surface area contributed by atoms with Crippen molar-refractivity contribution < 1.29 is 14.3 Å². The molecule has 1 atom stereocenters. The number of ether oxygens (including phenoxy) is 1. The SMILES string of the molecule is CC[C@@H](C(=O)NC(C)(C)C)N(Cc1ccccc1C)C(=O)COc1cccc2ccccc12. The lowest BCUT2D eigenvalue weighted by molar-refractivity contribution is -0.143. The Kier molecular flexibility index (Phi) is 7.75. The standard InChI is InChI=1S/C28H34N2O3/c1-6-24(27(32)29-28(3,4)5)30(18-22-14-8-7-12-20(22)2)26(31)19-33-25-17-11-15-21-13-9-10-16-23(21)25/h7-17,24H,6,18-19H2,1-5H3,(H,29,32)/t24-/m0/s1. The van der Waals surface area contributed by atoms with Gasteiger partial charge >= 0.3 is 0 Å². The van der Waals surface area contributed by atoms with E-state index in [1.807, 2.05) is 101 Å². The molecule has 5 heteroatoms. The van der Waals surface area contributed by atoms with Crippen molar-refractivity contribution in [3.05, 3.63) is 77.9 Å². The second kappa shape index (κ2) is 10.5. The van der Waals surface area contributed by atoms with E-state index in [1.54, 1.807) is 4.90 Å². The minimum Gasteiger partial charge on any atom is -0.483 e. The number of aryl methyl sites for hydroxylation is 1. The smallest absolute Gasteiger partial charge is 0.261 e. The van der Waals surface area contributed by atoms with Crippen molar-refractivity contribution in [1.29, 1.82) is 0 Å². The molecule has 0 radical (unpaired) electrons. The number of nitrogens with one attached hydrogen (secondary N) is 1. The van der Waals surface area contributed by atoms with Crippen LogP contribution in [0.3, 0.4) is 0 Å². The predicted molar refractivity (Wildman–Crippen MR) is 133 cm³/mol. The third-order valence-corrected chi connectivity index (χ3v) is 5.59. The first kappa shape index (κ1) is 24.3. The van der Waals surface area contributed by atoms with Gasteiger partial charge in [-0.3, -0.25) is 9.59 Å². The maximum absolute atomic E-state index is 13.5. The number of amides is 2. The lowest BCUT2D eigenvalue weighted by Crippen LogP contribution is -2.54. The first-order valence-electron chi connectivity index (χ1n) is 11.5. The molecular weight excluding hydrogens is 412 g/mol. The number of carbonyl (C=O) groups is 2. The molecular formula is C28H34N2O3. The van der Waals surface area contributed by atoms with E-state index in [9.17, 15) is 9.59 Å². The van der Waals surface area contributed by atoms with Crippen LogP contribution < -0.4 is 10.1 Å². The summed E-state index contributed by atoms with van der Waals surface area (Å²) < 4.78 is 5.98. The summed E-state index contributed by atoms with van der Waals surface area (Å²) in [4.78, 5) is 28.2. The number of benzene rings is 3. The number of nitrogens with zero attached hydrogens (tertiary/aromatic N) is 1. The van der Waals surface area contributed by atoms with E-state index in [0.717, 1.165) is 21.9 Å². The van der Waals surface area contributed by atoms with Crippen LogP contribution in [-0.2, 0) is 16.1 Å². The third-order valence-electron chi connectivity index (χ3n) is 5.59. The topological polar surface area (TPSA) is 58.6 Å². The van der Waals surface area contributed by atoms with Crippen LogP contribution in [0.5, 0.6) is 5.75 Å². The fourth-order valence-corrected chi connectivity index (χ4v) is 3.89. The quantitative estimate of drug-likeness (QED) is 0.514. The fraction of sp³-hybridized carbons (Fsp3) is 0.357. The maximum atomic E-state index is 13.5. The molecule has 0 aliphatic carbocycles. The molecule has 0 aliphatic heterocycles. The van der Waals surface area contributed by atoms with Gasteiger partial charge in [-0.05, 0) is 56.7 Å². The zero-order valence-electron chi connectivity index (χ0n) is 20.2. The predicted octanol–water partition coefficient (Wildman–Crippen LogP) is 5.25. The Morgan fingerprint density at radius 3 is 2.33 bits per heavy atom. The van der Waals surface area contributed by atoms with Crippen LogP contribution in [-0.4, -0.2) is 34.9 Å². The van der Waals surface area contributed by atoms with Crippen molar-refractivity contribution >= 4 is 22.6 Å². The molecule has 0 aromatic heterocycles. The Morgan fingerprint density at radius 1 is 0.970 bits per heavy atom. The van der Waals surface area contributed by atoms with Crippen molar-refractivity contribution in [3.8, 4) is 5.75 Å². The van der Waals surface area contributed by atoms with E-state index < -0.39 is 6.04 Å². The summed E-state index contributed by atoms with van der Waals surface area (Å²) in [6.07, 6.45) is 0.508. The second-order valence-electron chi connectivity index (χ2n) is 9.38. The highest BCUT2D eigenvalue weighted by Gasteiger charge is 2.31. The number of carbonyl (C=O) groups excluding carboxylic acids is 2. The first-order chi connectivity index (χ1) is 15.7. The van der Waals surface area contributed by atoms with Gasteiger partial charge in [0.2, 0.25) is 5.91 Å². The van der Waals surface area contributed by atoms with E-state index >= 15 is 0 Å². The van der Waals surface area contributed by atoms with E-state index in [1.165, 1.54) is 0 Å². The zero-order valence-corrected chi connectivity index (χ0v) is 20.2. The summed E-state index contributed by atoms with van der Waals surface area (Å²) in [5, 5.41) is 5.04. The Balaban J connectivity index is 1.86. The summed E-state index contributed by atoms with van der Waals surface area (Å²) in [5.74, 6) is 0.281. The molecule has 2 amide bonds. The Morgan fingerprint density at radius 2 is 1.64 bits per heavy atom. The molecule has 0 spiro atoms. The van der Waals surface area contributed by atoms with Crippen LogP contribution in [0, 0.1) is 6.92 Å². The molecule has 3 aromatic rings. The molecule has 0 saturated carbocycles. The van der Waals surface area contributed by atoms with Crippen LogP contribution >= 0.6 is 0 Å². The minimum absolute atomic E-state index is 0.140. The largest absolute Gasteiger partial charge is 0.483 e. The molecule has 0 aliphatic rings. The number of fused-ring (bicyclic) bond motifs is 1. The first-order valence-corrected chi connectivity index (χ1v) is 11.5. The van der Waals surface area contributed by atoms with E-state index in [4.69, 9.17) is 4.74 Å². The van der Waals surface area contributed by atoms with Gasteiger partial charge in [-0.25, -0.2) is 0 Å². The molecule has 174 valence electrons. The van der Waals surface area contributed by atoms with Crippen LogP contribution in [0.25, 0.3) is 10.8 Å². The normalized spacial score (nSPS) is 12.3. The van der Waals surface area contributed by atoms with Gasteiger partial charge in [-0.1, -0.05) is 67.6 Å². The molecule has 0 bridgehead atoms. The molecule has 0 fully saturated rings. The van der Waals surface area contributed by atoms with Crippen molar-refractivity contribution in [2.24, 2.45) is 0 Å². The summed E-state index contributed by atoms with van der Waals surface area (Å²) in [7, 11) is 0. The van der Waals surface area contributed by atoms with Gasteiger partial charge in [0.25, 0.3) is 5.91 Å². The monoisotopic (exact) mass is 446 g/mol. The third kappa shape index (κ3) is 6.35. The average molecular weight is 447 g/mol. The van der Waals surface area contributed by atoms with Crippen LogP contribution in [0.4, 0.5) is 0 Å². The van der Waals surface area contributed by atoms with Gasteiger partial charge in [0.1, 0.15) is 11.8 Å². The lowest BCUT2D eigenvalue weighted by Gasteiger charge is -2.33. The minimum atomic E-state index is -0.590. The molecule has 0 heterocycles. The second-order valence-corrected chi connectivity index (χ2v) is 9.38. The summed E-state index contributed by atoms with van der Waals surface area (Å²) >= 11 is 0. The highest BCUT2D eigenvalue weighted by molar-refractivity contribution is 5.90. The van der Waals surface area contributed by atoms with Crippen LogP contribution in [0.2, 0.25) is 0 Å². The lowest BCUT2D eigenvalue weighted by atomic mass is 10.0. The van der Waals surface area contributed by atoms with Crippen LogP contribution in [0.1, 0.15) is 45.2 Å². The van der Waals surface area contributed by atoms with Gasteiger partial charge in [-0.15, -0.1) is 0 Å². The van der Waals surface area contributed by atoms with Gasteiger partial charge < -0.3 is 15.0 Å². The highest BCUT2D eigenvalue weighted by Crippen LogP contribution is 2.25. The van der Waals surface area contributed by atoms with Gasteiger partial charge in [0, 0.05) is 17.5 Å². The van der Waals surface area contributed by atoms with Crippen LogP contribution in [0.15, 0.2) is 66.7 Å². The molecule has 3 aromatic carbocycles. The number of hydrogen-bond acceptors (Lipinski definition) is 3. The van der Waals surface area contributed by atoms with E-state index in [0.29, 0.717) is 18.7 Å². The molecule has 0 unspecified atom stereocenters. The van der Waals surface area contributed by atoms with E-state index in [-0.39, 0.29) is 24.0 Å². The van der Waals surface area contributed by atoms with Crippen molar-refractivity contribution in [3.63, 3.8) is 0 Å². The maximum Gasteiger partial charge on any atom is 0.261 e. The van der Waals surface area contributed by atoms with Crippen molar-refractivity contribution in [1.82, 2.24) is 10.2 Å². The van der Waals surface area contributed by atoms with Crippen molar-refractivity contribution in [2.45, 2.75) is 59.2 Å². The summed E-state index contributed by atoms with van der Waals surface area (Å²) in [5.41, 5.74) is 1.70. The van der Waals surface area contributed by atoms with Gasteiger partial charge in [0.05, 0.1) is 0 Å². The summed E-state index contributed by atoms with van der Waals surface area (Å²) in [6, 6.07) is 21.0. The average Bonchev–Trinajstić information content (AvgIpc) is 2.77. The molecule has 0 saturated heterocycles. The Hall–Kier alpha value is -3.34. The molecule has 1 N–H and O–H groups in total. The summed E-state index contributed by atoms with van der Waals surface area (Å²) in [6.45, 7) is 9.97. The van der Waals surface area contributed by atoms with Crippen molar-refractivity contribution in [2.75, 3.05) is 6.61 Å². The van der Waals surface area contributed by atoms with Gasteiger partial charge in [0.15, 0.2) is 6.61 Å². The molecule has 3 rings (SSSR count). The molecule has 5 nitrogen and oxygen atoms in total. The Bertz CT molecular complexity index is 1110. The highest BCUT2D eigenvalue weighted by atomic mass is 16.5. The zero-order chi connectivity index (χ0) is 24.0. The number of hydrogen-bond donors (Lipinski definition) is 1. The Labute approximate surface area is 196 Å². The number of rotatable bonds is 8.